The zero-order valence-corrected chi connectivity index (χ0v) is 10.3. The number of nitrogens with one attached hydrogen (secondary N) is 1. The molecule has 3 nitrogen and oxygen atoms in total. The number of piperazine rings is 1. The quantitative estimate of drug-likeness (QED) is 0.870. The summed E-state index contributed by atoms with van der Waals surface area (Å²) in [7, 11) is 0. The van der Waals surface area contributed by atoms with E-state index in [1.165, 1.54) is 11.3 Å². The van der Waals surface area contributed by atoms with Gasteiger partial charge in [-0.2, -0.15) is 0 Å². The fraction of sp³-hybridized carbons (Fsp3) is 0.267. The van der Waals surface area contributed by atoms with E-state index in [1.807, 2.05) is 18.3 Å². The predicted molar refractivity (Wildman–Crippen MR) is 74.8 cm³/mol. The molecule has 18 heavy (non-hydrogen) atoms. The summed E-state index contributed by atoms with van der Waals surface area (Å²) in [5, 5.41) is 3.38. The molecular formula is C15H17N3. The molecule has 0 radical (unpaired) electrons. The Hall–Kier alpha value is -1.87. The van der Waals surface area contributed by atoms with Crippen LogP contribution in [-0.2, 0) is 0 Å². The monoisotopic (exact) mass is 239 g/mol. The third kappa shape index (κ3) is 2.22. The Morgan fingerprint density at radius 1 is 0.944 bits per heavy atom. The number of pyridine rings is 1. The lowest BCUT2D eigenvalue weighted by Crippen LogP contribution is -2.43. The molecule has 0 unspecified atom stereocenters. The van der Waals surface area contributed by atoms with Gasteiger partial charge in [-0.15, -0.1) is 0 Å². The molecule has 1 aliphatic rings. The fourth-order valence-corrected chi connectivity index (χ4v) is 2.38. The van der Waals surface area contributed by atoms with Crippen LogP contribution in [0.2, 0.25) is 0 Å². The van der Waals surface area contributed by atoms with Crippen LogP contribution in [-0.4, -0.2) is 31.2 Å². The highest BCUT2D eigenvalue weighted by Gasteiger charge is 2.15. The smallest absolute Gasteiger partial charge is 0.0935 e. The van der Waals surface area contributed by atoms with Gasteiger partial charge >= 0.3 is 0 Å². The summed E-state index contributed by atoms with van der Waals surface area (Å²) in [4.78, 5) is 6.97. The Labute approximate surface area is 107 Å². The van der Waals surface area contributed by atoms with Gasteiger partial charge in [-0.05, 0) is 12.1 Å². The molecule has 0 saturated carbocycles. The molecule has 2 aromatic rings. The topological polar surface area (TPSA) is 28.2 Å². The van der Waals surface area contributed by atoms with E-state index >= 15 is 0 Å². The molecule has 1 aromatic heterocycles. The first-order chi connectivity index (χ1) is 8.95. The second kappa shape index (κ2) is 5.19. The van der Waals surface area contributed by atoms with Gasteiger partial charge in [0.2, 0.25) is 0 Å². The van der Waals surface area contributed by atoms with Crippen molar-refractivity contribution in [2.75, 3.05) is 31.1 Å². The van der Waals surface area contributed by atoms with Crippen molar-refractivity contribution in [3.63, 3.8) is 0 Å². The van der Waals surface area contributed by atoms with Gasteiger partial charge in [0.05, 0.1) is 11.4 Å². The number of hydrogen-bond donors (Lipinski definition) is 1. The molecule has 1 aliphatic heterocycles. The lowest BCUT2D eigenvalue weighted by atomic mass is 10.1. The average Bonchev–Trinajstić information content (AvgIpc) is 2.49. The first kappa shape index (κ1) is 11.2. The zero-order chi connectivity index (χ0) is 12.2. The molecule has 1 saturated heterocycles. The van der Waals surface area contributed by atoms with Gasteiger partial charge in [0, 0.05) is 37.9 Å². The van der Waals surface area contributed by atoms with E-state index < -0.39 is 0 Å². The molecule has 3 rings (SSSR count). The van der Waals surface area contributed by atoms with Crippen LogP contribution in [0.15, 0.2) is 48.7 Å². The molecule has 92 valence electrons. The standard InChI is InChI=1S/C15H17N3/c1-2-5-13(6-3-1)15-14(7-4-8-17-15)18-11-9-16-10-12-18/h1-8,16H,9-12H2. The number of nitrogens with zero attached hydrogens (tertiary/aromatic N) is 2. The van der Waals surface area contributed by atoms with Crippen molar-refractivity contribution in [3.05, 3.63) is 48.7 Å². The van der Waals surface area contributed by atoms with Crippen molar-refractivity contribution in [2.45, 2.75) is 0 Å². The summed E-state index contributed by atoms with van der Waals surface area (Å²) in [5.74, 6) is 0. The maximum Gasteiger partial charge on any atom is 0.0935 e. The Balaban J connectivity index is 1.99. The van der Waals surface area contributed by atoms with Crippen LogP contribution in [0.1, 0.15) is 0 Å². The maximum atomic E-state index is 4.56. The number of rotatable bonds is 2. The van der Waals surface area contributed by atoms with Gasteiger partial charge < -0.3 is 10.2 Å². The van der Waals surface area contributed by atoms with E-state index in [-0.39, 0.29) is 0 Å². The van der Waals surface area contributed by atoms with E-state index in [2.05, 4.69) is 45.5 Å². The largest absolute Gasteiger partial charge is 0.367 e. The Kier molecular flexibility index (Phi) is 3.24. The lowest BCUT2D eigenvalue weighted by Gasteiger charge is -2.30. The summed E-state index contributed by atoms with van der Waals surface area (Å²) in [6.45, 7) is 4.18. The Morgan fingerprint density at radius 2 is 1.72 bits per heavy atom. The van der Waals surface area contributed by atoms with Crippen LogP contribution in [0.25, 0.3) is 11.3 Å². The second-order valence-electron chi connectivity index (χ2n) is 4.47. The van der Waals surface area contributed by atoms with E-state index in [4.69, 9.17) is 0 Å². The van der Waals surface area contributed by atoms with Crippen molar-refractivity contribution < 1.29 is 0 Å². The van der Waals surface area contributed by atoms with Crippen LogP contribution >= 0.6 is 0 Å². The third-order valence-corrected chi connectivity index (χ3v) is 3.29. The number of anilines is 1. The van der Waals surface area contributed by atoms with Crippen molar-refractivity contribution >= 4 is 5.69 Å². The summed E-state index contributed by atoms with van der Waals surface area (Å²) in [6.07, 6.45) is 1.87. The van der Waals surface area contributed by atoms with Crippen LogP contribution < -0.4 is 10.2 Å². The average molecular weight is 239 g/mol. The zero-order valence-electron chi connectivity index (χ0n) is 10.3. The summed E-state index contributed by atoms with van der Waals surface area (Å²) >= 11 is 0. The van der Waals surface area contributed by atoms with Gasteiger partial charge in [0.25, 0.3) is 0 Å². The summed E-state index contributed by atoms with van der Waals surface area (Å²) < 4.78 is 0. The highest BCUT2D eigenvalue weighted by Crippen LogP contribution is 2.28. The molecule has 0 atom stereocenters. The normalized spacial score (nSPS) is 15.7. The molecule has 2 heterocycles. The highest BCUT2D eigenvalue weighted by atomic mass is 15.2. The lowest BCUT2D eigenvalue weighted by molar-refractivity contribution is 0.589. The Morgan fingerprint density at radius 3 is 2.50 bits per heavy atom. The van der Waals surface area contributed by atoms with Gasteiger partial charge in [0.15, 0.2) is 0 Å². The SMILES string of the molecule is c1ccc(-c2ncccc2N2CCNCC2)cc1. The summed E-state index contributed by atoms with van der Waals surface area (Å²) in [6, 6.07) is 14.6. The molecule has 1 fully saturated rings. The minimum absolute atomic E-state index is 1.04. The first-order valence-corrected chi connectivity index (χ1v) is 6.41. The predicted octanol–water partition coefficient (Wildman–Crippen LogP) is 2.16. The molecule has 0 aliphatic carbocycles. The highest BCUT2D eigenvalue weighted by molar-refractivity contribution is 5.74. The van der Waals surface area contributed by atoms with Gasteiger partial charge in [-0.1, -0.05) is 30.3 Å². The summed E-state index contributed by atoms with van der Waals surface area (Å²) in [5.41, 5.74) is 3.51. The Bertz CT molecular complexity index is 504. The van der Waals surface area contributed by atoms with Crippen molar-refractivity contribution in [1.29, 1.82) is 0 Å². The van der Waals surface area contributed by atoms with E-state index in [0.717, 1.165) is 31.9 Å². The number of aromatic nitrogens is 1. The van der Waals surface area contributed by atoms with Crippen LogP contribution in [0, 0.1) is 0 Å². The molecule has 0 bridgehead atoms. The second-order valence-corrected chi connectivity index (χ2v) is 4.47. The molecule has 1 aromatic carbocycles. The van der Waals surface area contributed by atoms with Gasteiger partial charge in [0.1, 0.15) is 0 Å². The minimum atomic E-state index is 1.04. The van der Waals surface area contributed by atoms with E-state index in [1.54, 1.807) is 0 Å². The van der Waals surface area contributed by atoms with Crippen molar-refractivity contribution in [3.8, 4) is 11.3 Å². The number of benzene rings is 1. The minimum Gasteiger partial charge on any atom is -0.367 e. The van der Waals surface area contributed by atoms with E-state index in [0.29, 0.717) is 0 Å². The van der Waals surface area contributed by atoms with Crippen LogP contribution in [0.4, 0.5) is 5.69 Å². The number of hydrogen-bond acceptors (Lipinski definition) is 3. The maximum absolute atomic E-state index is 4.56. The molecule has 0 spiro atoms. The van der Waals surface area contributed by atoms with E-state index in [9.17, 15) is 0 Å². The van der Waals surface area contributed by atoms with Crippen LogP contribution in [0.5, 0.6) is 0 Å². The molecule has 1 N–H and O–H groups in total. The first-order valence-electron chi connectivity index (χ1n) is 6.41. The van der Waals surface area contributed by atoms with Crippen molar-refractivity contribution in [1.82, 2.24) is 10.3 Å². The van der Waals surface area contributed by atoms with Crippen molar-refractivity contribution in [2.24, 2.45) is 0 Å². The molecule has 3 heteroatoms. The van der Waals surface area contributed by atoms with Crippen LogP contribution in [0.3, 0.4) is 0 Å². The molecular weight excluding hydrogens is 222 g/mol. The van der Waals surface area contributed by atoms with Gasteiger partial charge in [-0.3, -0.25) is 4.98 Å². The third-order valence-electron chi connectivity index (χ3n) is 3.29. The van der Waals surface area contributed by atoms with Gasteiger partial charge in [-0.25, -0.2) is 0 Å². The molecule has 0 amide bonds. The fourth-order valence-electron chi connectivity index (χ4n) is 2.38.